The van der Waals surface area contributed by atoms with Crippen molar-refractivity contribution in [1.82, 2.24) is 0 Å². The van der Waals surface area contributed by atoms with Crippen LogP contribution in [0, 0.1) is 46.8 Å². The van der Waals surface area contributed by atoms with Crippen LogP contribution in [0.5, 0.6) is 11.5 Å². The molecule has 0 aromatic heterocycles. The van der Waals surface area contributed by atoms with Crippen molar-refractivity contribution in [3.8, 4) is 11.5 Å². The minimum atomic E-state index is -5.32. The second kappa shape index (κ2) is 12.4. The van der Waals surface area contributed by atoms with E-state index in [1.54, 1.807) is 0 Å². The number of carbonyl (C=O) groups is 4. The lowest BCUT2D eigenvalue weighted by Crippen LogP contribution is -2.60. The number of amides is 4. The lowest BCUT2D eigenvalue weighted by atomic mass is 9.56. The highest BCUT2D eigenvalue weighted by molar-refractivity contribution is 6.59. The molecular formula is C33H19BCl2F8N2O8. The average Bonchev–Trinajstić information content (AvgIpc) is 3.45. The van der Waals surface area contributed by atoms with Crippen molar-refractivity contribution < 1.29 is 74.2 Å². The molecule has 282 valence electrons. The summed E-state index contributed by atoms with van der Waals surface area (Å²) in [5.74, 6) is -26.8. The van der Waals surface area contributed by atoms with Gasteiger partial charge in [-0.05, 0) is 54.6 Å². The highest BCUT2D eigenvalue weighted by atomic mass is 35.5. The molecule has 54 heavy (non-hydrogen) atoms. The molecule has 3 N–H and O–H groups in total. The lowest BCUT2D eigenvalue weighted by molar-refractivity contribution is -0.274. The standard InChI is InChI=1S/C33H19BCl2F8N2O8/c35-31-10-17-14(5-6-15-19(17)28(49)45(27(15)48)12-3-1-2-11(8-12)34(52)53)20(16-9-13(4-7-18(16)47)54-33(42,43)44)32(31,36)30(51)46(29(31)50)26-24(40)22(38)21(37)23(39)25(26)41/h1-5,7-9,15,17,19-20,47,52-53H,6,10H2. The zero-order chi connectivity index (χ0) is 39.6. The fourth-order valence-corrected chi connectivity index (χ4v) is 8.88. The highest BCUT2D eigenvalue weighted by Crippen LogP contribution is 2.67. The summed E-state index contributed by atoms with van der Waals surface area (Å²) in [6.45, 7) is 0. The zero-order valence-corrected chi connectivity index (χ0v) is 28.0. The molecule has 4 amide bonds. The third-order valence-corrected chi connectivity index (χ3v) is 11.6. The Kier molecular flexibility index (Phi) is 8.64. The number of phenols is 1. The van der Waals surface area contributed by atoms with E-state index in [4.69, 9.17) is 23.2 Å². The summed E-state index contributed by atoms with van der Waals surface area (Å²) in [6, 6.07) is 6.88. The number of aromatic hydroxyl groups is 1. The van der Waals surface area contributed by atoms with Gasteiger partial charge < -0.3 is 19.9 Å². The molecule has 0 radical (unpaired) electrons. The number of hydrogen-bond donors (Lipinski definition) is 3. The Morgan fingerprint density at radius 1 is 0.815 bits per heavy atom. The van der Waals surface area contributed by atoms with Crippen LogP contribution in [-0.2, 0) is 19.2 Å². The Labute approximate surface area is 307 Å². The van der Waals surface area contributed by atoms with Crippen LogP contribution in [-0.4, -0.2) is 62.0 Å². The van der Waals surface area contributed by atoms with E-state index in [2.05, 4.69) is 4.74 Å². The number of halogens is 10. The first kappa shape index (κ1) is 37.6. The summed E-state index contributed by atoms with van der Waals surface area (Å²) in [5.41, 5.74) is -3.18. The van der Waals surface area contributed by atoms with E-state index in [0.29, 0.717) is 23.1 Å². The fourth-order valence-electron chi connectivity index (χ4n) is 7.95. The van der Waals surface area contributed by atoms with Crippen LogP contribution in [0.3, 0.4) is 0 Å². The Morgan fingerprint density at radius 2 is 1.44 bits per heavy atom. The number of imide groups is 2. The Bertz CT molecular complexity index is 2210. The third kappa shape index (κ3) is 5.15. The number of nitrogens with zero attached hydrogens (tertiary/aromatic N) is 2. The van der Waals surface area contributed by atoms with Gasteiger partial charge in [0.25, 0.3) is 11.8 Å². The first-order valence-electron chi connectivity index (χ1n) is 15.6. The number of allylic oxidation sites excluding steroid dienone is 2. The van der Waals surface area contributed by atoms with Gasteiger partial charge in [0.15, 0.2) is 33.0 Å². The van der Waals surface area contributed by atoms with Crippen molar-refractivity contribution in [2.75, 3.05) is 9.80 Å². The van der Waals surface area contributed by atoms with Crippen LogP contribution < -0.4 is 20.0 Å². The molecule has 2 aliphatic carbocycles. The van der Waals surface area contributed by atoms with Gasteiger partial charge in [-0.15, -0.1) is 36.4 Å². The van der Waals surface area contributed by atoms with E-state index >= 15 is 8.78 Å². The monoisotopic (exact) mass is 804 g/mol. The van der Waals surface area contributed by atoms with Gasteiger partial charge in [-0.3, -0.25) is 24.1 Å². The largest absolute Gasteiger partial charge is 0.573 e. The van der Waals surface area contributed by atoms with Gasteiger partial charge in [0.1, 0.15) is 17.2 Å². The molecule has 6 atom stereocenters. The molecule has 3 fully saturated rings. The molecule has 3 aromatic rings. The van der Waals surface area contributed by atoms with Crippen LogP contribution in [0.25, 0.3) is 0 Å². The summed E-state index contributed by atoms with van der Waals surface area (Å²) >= 11 is 13.9. The van der Waals surface area contributed by atoms with E-state index in [9.17, 15) is 60.7 Å². The number of carbonyl (C=O) groups excluding carboxylic acids is 4. The minimum Gasteiger partial charge on any atom is -0.508 e. The third-order valence-electron chi connectivity index (χ3n) is 10.2. The Hall–Kier alpha value is -4.72. The van der Waals surface area contributed by atoms with Crippen molar-refractivity contribution in [3.05, 3.63) is 88.8 Å². The second-order valence-corrected chi connectivity index (χ2v) is 14.2. The first-order valence-corrected chi connectivity index (χ1v) is 16.3. The van der Waals surface area contributed by atoms with Crippen LogP contribution in [0.1, 0.15) is 24.3 Å². The molecule has 21 heteroatoms. The predicted molar refractivity (Wildman–Crippen MR) is 170 cm³/mol. The molecule has 0 spiro atoms. The average molecular weight is 805 g/mol. The molecule has 1 saturated carbocycles. The maximum absolute atomic E-state index is 15.2. The van der Waals surface area contributed by atoms with Crippen molar-refractivity contribution in [2.24, 2.45) is 17.8 Å². The molecule has 4 aliphatic rings. The number of benzene rings is 3. The number of alkyl halides is 5. The summed E-state index contributed by atoms with van der Waals surface area (Å²) in [7, 11) is -2.02. The maximum atomic E-state index is 15.2. The molecule has 0 bridgehead atoms. The molecule has 6 unspecified atom stereocenters. The molecule has 7 rings (SSSR count). The number of phenolic OH excluding ortho intramolecular Hbond substituents is 1. The first-order chi connectivity index (χ1) is 25.2. The Morgan fingerprint density at radius 3 is 2.06 bits per heavy atom. The van der Waals surface area contributed by atoms with E-state index in [1.807, 2.05) is 0 Å². The van der Waals surface area contributed by atoms with Crippen LogP contribution in [0.2, 0.25) is 0 Å². The maximum Gasteiger partial charge on any atom is 0.573 e. The summed E-state index contributed by atoms with van der Waals surface area (Å²) < 4.78 is 117. The van der Waals surface area contributed by atoms with E-state index in [-0.39, 0.29) is 23.1 Å². The van der Waals surface area contributed by atoms with Crippen LogP contribution in [0.4, 0.5) is 46.5 Å². The predicted octanol–water partition coefficient (Wildman–Crippen LogP) is 4.43. The van der Waals surface area contributed by atoms with E-state index < -0.39 is 134 Å². The molecule has 3 aromatic carbocycles. The topological polar surface area (TPSA) is 145 Å². The number of rotatable bonds is 5. The minimum absolute atomic E-state index is 0.120. The van der Waals surface area contributed by atoms with Gasteiger partial charge in [-0.1, -0.05) is 23.8 Å². The molecule has 2 saturated heterocycles. The summed E-state index contributed by atoms with van der Waals surface area (Å²) in [6.07, 6.45) is -5.32. The second-order valence-electron chi connectivity index (χ2n) is 12.9. The van der Waals surface area contributed by atoms with E-state index in [1.165, 1.54) is 24.3 Å². The summed E-state index contributed by atoms with van der Waals surface area (Å²) in [5, 5.41) is 30.4. The van der Waals surface area contributed by atoms with Crippen molar-refractivity contribution in [1.29, 1.82) is 0 Å². The van der Waals surface area contributed by atoms with Gasteiger partial charge in [0.2, 0.25) is 17.6 Å². The normalized spacial score (nSPS) is 27.9. The van der Waals surface area contributed by atoms with E-state index in [0.717, 1.165) is 6.07 Å². The highest BCUT2D eigenvalue weighted by Gasteiger charge is 2.77. The SMILES string of the molecule is O=C1C2CC=C3C(CC4(Cl)C(=O)N(c5c(F)c(F)c(F)c(F)c5F)C(=O)C4(Cl)C3c3cc(OC(F)(F)F)ccc3O)C2C(=O)N1c1cccc(B(O)O)c1. The number of fused-ring (bicyclic) bond motifs is 4. The van der Waals surface area contributed by atoms with Crippen molar-refractivity contribution >= 4 is 70.8 Å². The zero-order valence-electron chi connectivity index (χ0n) is 26.5. The van der Waals surface area contributed by atoms with Gasteiger partial charge >= 0.3 is 13.5 Å². The van der Waals surface area contributed by atoms with Gasteiger partial charge in [-0.2, -0.15) is 0 Å². The molecule has 10 nitrogen and oxygen atoms in total. The van der Waals surface area contributed by atoms with Gasteiger partial charge in [-0.25, -0.2) is 26.9 Å². The molecule has 2 aliphatic heterocycles. The lowest BCUT2D eigenvalue weighted by Gasteiger charge is -2.50. The van der Waals surface area contributed by atoms with Crippen molar-refractivity contribution in [2.45, 2.75) is 34.9 Å². The van der Waals surface area contributed by atoms with Gasteiger partial charge in [0.05, 0.1) is 17.5 Å². The van der Waals surface area contributed by atoms with Crippen molar-refractivity contribution in [3.63, 3.8) is 0 Å². The fraction of sp³-hybridized carbons (Fsp3) is 0.273. The smallest absolute Gasteiger partial charge is 0.508 e. The molecule has 2 heterocycles. The van der Waals surface area contributed by atoms with Gasteiger partial charge in [0, 0.05) is 11.5 Å². The molecular weight excluding hydrogens is 786 g/mol. The number of ether oxygens (including phenoxy) is 1. The van der Waals surface area contributed by atoms with Crippen LogP contribution >= 0.6 is 23.2 Å². The number of hydrogen-bond acceptors (Lipinski definition) is 8. The number of anilines is 2. The van der Waals surface area contributed by atoms with Crippen LogP contribution in [0.15, 0.2) is 54.1 Å². The Balaban J connectivity index is 1.44. The quantitative estimate of drug-likeness (QED) is 0.0654. The summed E-state index contributed by atoms with van der Waals surface area (Å²) in [4.78, 5) is 50.7.